The Morgan fingerprint density at radius 1 is 1.56 bits per heavy atom. The Kier molecular flexibility index (Phi) is 3.50. The molecule has 92 valence electrons. The summed E-state index contributed by atoms with van der Waals surface area (Å²) in [5.74, 6) is 0.197. The molecule has 2 fully saturated rings. The molecule has 1 unspecified atom stereocenters. The second-order valence-corrected chi connectivity index (χ2v) is 5.38. The van der Waals surface area contributed by atoms with Crippen LogP contribution in [0.15, 0.2) is 0 Å². The Bertz CT molecular complexity index is 260. The zero-order chi connectivity index (χ0) is 11.6. The van der Waals surface area contributed by atoms with Gasteiger partial charge in [-0.1, -0.05) is 19.8 Å². The lowest BCUT2D eigenvalue weighted by Gasteiger charge is -2.45. The van der Waals surface area contributed by atoms with Crippen LogP contribution < -0.4 is 10.6 Å². The summed E-state index contributed by atoms with van der Waals surface area (Å²) in [5.41, 5.74) is -0.179. The van der Waals surface area contributed by atoms with E-state index in [4.69, 9.17) is 5.11 Å². The maximum Gasteiger partial charge on any atom is 0.305 e. The molecule has 2 rings (SSSR count). The van der Waals surface area contributed by atoms with E-state index in [-0.39, 0.29) is 12.0 Å². The average molecular weight is 226 g/mol. The van der Waals surface area contributed by atoms with Crippen LogP contribution in [-0.4, -0.2) is 35.7 Å². The number of hydrogen-bond donors (Lipinski definition) is 3. The second-order valence-electron chi connectivity index (χ2n) is 5.38. The summed E-state index contributed by atoms with van der Waals surface area (Å²) >= 11 is 0. The van der Waals surface area contributed by atoms with Gasteiger partial charge in [0.25, 0.3) is 0 Å². The second kappa shape index (κ2) is 4.72. The van der Waals surface area contributed by atoms with Gasteiger partial charge in [0.1, 0.15) is 0 Å². The highest BCUT2D eigenvalue weighted by atomic mass is 16.4. The van der Waals surface area contributed by atoms with Gasteiger partial charge < -0.3 is 15.7 Å². The summed E-state index contributed by atoms with van der Waals surface area (Å²) in [6.07, 6.45) is 5.28. The number of carbonyl (C=O) groups is 1. The minimum absolute atomic E-state index is 0.179. The van der Waals surface area contributed by atoms with Crippen molar-refractivity contribution in [2.45, 2.75) is 50.6 Å². The number of nitrogens with one attached hydrogen (secondary N) is 2. The van der Waals surface area contributed by atoms with Crippen molar-refractivity contribution in [2.75, 3.05) is 13.1 Å². The molecule has 4 nitrogen and oxygen atoms in total. The Morgan fingerprint density at radius 2 is 2.25 bits per heavy atom. The third kappa shape index (κ3) is 2.95. The predicted molar refractivity (Wildman–Crippen MR) is 62.4 cm³/mol. The van der Waals surface area contributed by atoms with Gasteiger partial charge in [0.05, 0.1) is 12.0 Å². The molecule has 1 aliphatic heterocycles. The van der Waals surface area contributed by atoms with E-state index in [0.29, 0.717) is 6.04 Å². The number of carboxylic acids is 1. The van der Waals surface area contributed by atoms with Crippen LogP contribution in [0.3, 0.4) is 0 Å². The van der Waals surface area contributed by atoms with Gasteiger partial charge in [0, 0.05) is 19.1 Å². The van der Waals surface area contributed by atoms with Gasteiger partial charge in [-0.25, -0.2) is 0 Å². The zero-order valence-electron chi connectivity index (χ0n) is 9.96. The Hall–Kier alpha value is -0.610. The molecule has 0 radical (unpaired) electrons. The van der Waals surface area contributed by atoms with Crippen LogP contribution in [0.4, 0.5) is 0 Å². The van der Waals surface area contributed by atoms with Gasteiger partial charge in [-0.05, 0) is 18.8 Å². The number of rotatable bonds is 7. The molecular weight excluding hydrogens is 204 g/mol. The van der Waals surface area contributed by atoms with Gasteiger partial charge >= 0.3 is 5.97 Å². The molecule has 3 N–H and O–H groups in total. The highest BCUT2D eigenvalue weighted by Crippen LogP contribution is 2.34. The normalized spacial score (nSPS) is 24.8. The van der Waals surface area contributed by atoms with Crippen LogP contribution >= 0.6 is 0 Å². The molecule has 1 heterocycles. The van der Waals surface area contributed by atoms with Crippen LogP contribution in [0.1, 0.15) is 39.0 Å². The molecule has 1 saturated carbocycles. The quantitative estimate of drug-likeness (QED) is 0.605. The first kappa shape index (κ1) is 11.9. The first-order valence-corrected chi connectivity index (χ1v) is 6.34. The van der Waals surface area contributed by atoms with Crippen molar-refractivity contribution >= 4 is 5.97 Å². The Labute approximate surface area is 96.8 Å². The molecule has 1 atom stereocenters. The van der Waals surface area contributed by atoms with E-state index >= 15 is 0 Å². The van der Waals surface area contributed by atoms with Crippen molar-refractivity contribution in [1.29, 1.82) is 0 Å². The fourth-order valence-corrected chi connectivity index (χ4v) is 2.51. The topological polar surface area (TPSA) is 61.4 Å². The highest BCUT2D eigenvalue weighted by Gasteiger charge is 2.40. The molecule has 0 amide bonds. The number of aliphatic carboxylic acids is 1. The summed E-state index contributed by atoms with van der Waals surface area (Å²) in [5, 5.41) is 15.7. The first-order valence-electron chi connectivity index (χ1n) is 6.34. The summed E-state index contributed by atoms with van der Waals surface area (Å²) in [6.45, 7) is 3.77. The van der Waals surface area contributed by atoms with Crippen molar-refractivity contribution in [1.82, 2.24) is 10.6 Å². The standard InChI is InChI=1S/C12H22N2O2/c1-2-10(5-9-3-4-9)14-12(6-11(15)16)7-13-8-12/h9-10,13-14H,2-8H2,1H3,(H,15,16). The maximum absolute atomic E-state index is 10.8. The molecule has 1 aliphatic carbocycles. The fourth-order valence-electron chi connectivity index (χ4n) is 2.51. The minimum atomic E-state index is -0.699. The summed E-state index contributed by atoms with van der Waals surface area (Å²) in [4.78, 5) is 10.8. The van der Waals surface area contributed by atoms with Crippen molar-refractivity contribution in [2.24, 2.45) is 5.92 Å². The Balaban J connectivity index is 1.85. The SMILES string of the molecule is CCC(CC1CC1)NC1(CC(=O)O)CNC1. The van der Waals surface area contributed by atoms with Crippen molar-refractivity contribution in [3.05, 3.63) is 0 Å². The zero-order valence-corrected chi connectivity index (χ0v) is 9.96. The first-order chi connectivity index (χ1) is 7.63. The van der Waals surface area contributed by atoms with Crippen molar-refractivity contribution in [3.8, 4) is 0 Å². The van der Waals surface area contributed by atoms with Crippen LogP contribution in [0.5, 0.6) is 0 Å². The molecule has 1 saturated heterocycles. The van der Waals surface area contributed by atoms with Crippen LogP contribution in [-0.2, 0) is 4.79 Å². The monoisotopic (exact) mass is 226 g/mol. The van der Waals surface area contributed by atoms with Gasteiger partial charge in [-0.2, -0.15) is 0 Å². The number of hydrogen-bond acceptors (Lipinski definition) is 3. The van der Waals surface area contributed by atoms with E-state index in [9.17, 15) is 4.79 Å². The average Bonchev–Trinajstić information content (AvgIpc) is 2.96. The minimum Gasteiger partial charge on any atom is -0.481 e. The summed E-state index contributed by atoms with van der Waals surface area (Å²) < 4.78 is 0. The lowest BCUT2D eigenvalue weighted by molar-refractivity contribution is -0.139. The number of carboxylic acid groups (broad SMARTS) is 1. The van der Waals surface area contributed by atoms with Gasteiger partial charge in [0.2, 0.25) is 0 Å². The third-order valence-corrected chi connectivity index (χ3v) is 3.73. The molecule has 0 aromatic heterocycles. The molecule has 0 bridgehead atoms. The van der Waals surface area contributed by atoms with Gasteiger partial charge in [-0.3, -0.25) is 4.79 Å². The molecule has 0 spiro atoms. The van der Waals surface area contributed by atoms with Gasteiger partial charge in [0.15, 0.2) is 0 Å². The molecule has 16 heavy (non-hydrogen) atoms. The molecular formula is C12H22N2O2. The smallest absolute Gasteiger partial charge is 0.305 e. The van der Waals surface area contributed by atoms with Crippen LogP contribution in [0.2, 0.25) is 0 Å². The molecule has 0 aromatic carbocycles. The van der Waals surface area contributed by atoms with E-state index < -0.39 is 5.97 Å². The van der Waals surface area contributed by atoms with Crippen LogP contribution in [0, 0.1) is 5.92 Å². The van der Waals surface area contributed by atoms with Crippen LogP contribution in [0.25, 0.3) is 0 Å². The van der Waals surface area contributed by atoms with Gasteiger partial charge in [-0.15, -0.1) is 0 Å². The predicted octanol–water partition coefficient (Wildman–Crippen LogP) is 0.971. The van der Waals surface area contributed by atoms with E-state index in [0.717, 1.165) is 25.4 Å². The molecule has 2 aliphatic rings. The highest BCUT2D eigenvalue weighted by molar-refractivity contribution is 5.68. The van der Waals surface area contributed by atoms with E-state index in [1.165, 1.54) is 19.3 Å². The van der Waals surface area contributed by atoms with E-state index in [2.05, 4.69) is 17.6 Å². The fraction of sp³-hybridized carbons (Fsp3) is 0.917. The van der Waals surface area contributed by atoms with Crippen molar-refractivity contribution in [3.63, 3.8) is 0 Å². The molecule has 4 heteroatoms. The maximum atomic E-state index is 10.8. The largest absolute Gasteiger partial charge is 0.481 e. The summed E-state index contributed by atoms with van der Waals surface area (Å²) in [7, 11) is 0. The summed E-state index contributed by atoms with van der Waals surface area (Å²) in [6, 6.07) is 0.494. The Morgan fingerprint density at radius 3 is 2.62 bits per heavy atom. The van der Waals surface area contributed by atoms with E-state index in [1.54, 1.807) is 0 Å². The van der Waals surface area contributed by atoms with E-state index in [1.807, 2.05) is 0 Å². The lowest BCUT2D eigenvalue weighted by Crippen LogP contribution is -2.70. The third-order valence-electron chi connectivity index (χ3n) is 3.73. The molecule has 0 aromatic rings. The van der Waals surface area contributed by atoms with Crippen molar-refractivity contribution < 1.29 is 9.90 Å². The lowest BCUT2D eigenvalue weighted by atomic mass is 9.86.